The van der Waals surface area contributed by atoms with Gasteiger partial charge in [0.15, 0.2) is 0 Å². The van der Waals surface area contributed by atoms with Crippen molar-refractivity contribution in [1.29, 1.82) is 0 Å². The summed E-state index contributed by atoms with van der Waals surface area (Å²) in [6.07, 6.45) is 2.04. The van der Waals surface area contributed by atoms with Crippen molar-refractivity contribution < 1.29 is 4.79 Å². The molecule has 0 aromatic heterocycles. The van der Waals surface area contributed by atoms with Crippen molar-refractivity contribution in [1.82, 2.24) is 10.2 Å². The second kappa shape index (κ2) is 5.47. The highest BCUT2D eigenvalue weighted by Gasteiger charge is 2.32. The van der Waals surface area contributed by atoms with E-state index in [4.69, 9.17) is 5.73 Å². The van der Waals surface area contributed by atoms with E-state index >= 15 is 0 Å². The van der Waals surface area contributed by atoms with Crippen molar-refractivity contribution in [2.45, 2.75) is 38.8 Å². The van der Waals surface area contributed by atoms with Crippen LogP contribution in [0.2, 0.25) is 0 Å². The first kappa shape index (κ1) is 12.5. The molecule has 3 N–H and O–H groups in total. The number of likely N-dealkylation sites (tertiary alicyclic amines) is 1. The number of hydrogen-bond acceptors (Lipinski definition) is 3. The Morgan fingerprint density at radius 1 is 1.67 bits per heavy atom. The number of carbonyl (C=O) groups excluding carboxylic acids is 1. The fourth-order valence-corrected chi connectivity index (χ4v) is 2.12. The highest BCUT2D eigenvalue weighted by atomic mass is 16.1. The third-order valence-electron chi connectivity index (χ3n) is 3.50. The number of piperidine rings is 1. The maximum absolute atomic E-state index is 11.6. The van der Waals surface area contributed by atoms with Gasteiger partial charge in [-0.3, -0.25) is 9.69 Å². The summed E-state index contributed by atoms with van der Waals surface area (Å²) in [4.78, 5) is 14.0. The summed E-state index contributed by atoms with van der Waals surface area (Å²) in [5.41, 5.74) is 5.97. The van der Waals surface area contributed by atoms with Crippen molar-refractivity contribution in [3.63, 3.8) is 0 Å². The Morgan fingerprint density at radius 2 is 2.33 bits per heavy atom. The van der Waals surface area contributed by atoms with Crippen LogP contribution in [0.4, 0.5) is 0 Å². The van der Waals surface area contributed by atoms with E-state index in [9.17, 15) is 4.79 Å². The van der Waals surface area contributed by atoms with Gasteiger partial charge in [0.25, 0.3) is 0 Å². The minimum Gasteiger partial charge on any atom is -0.359 e. The average molecular weight is 213 g/mol. The summed E-state index contributed by atoms with van der Waals surface area (Å²) in [6, 6.07) is 0.565. The first-order valence-electron chi connectivity index (χ1n) is 5.81. The molecule has 0 bridgehead atoms. The summed E-state index contributed by atoms with van der Waals surface area (Å²) in [5, 5.41) is 2.70. The molecule has 0 radical (unpaired) electrons. The van der Waals surface area contributed by atoms with Gasteiger partial charge in [0.1, 0.15) is 0 Å². The quantitative estimate of drug-likeness (QED) is 0.703. The number of hydrogen-bond donors (Lipinski definition) is 2. The van der Waals surface area contributed by atoms with Crippen molar-refractivity contribution in [3.8, 4) is 0 Å². The molecule has 1 rings (SSSR count). The van der Waals surface area contributed by atoms with E-state index in [1.807, 2.05) is 0 Å². The van der Waals surface area contributed by atoms with Crippen LogP contribution in [0.25, 0.3) is 0 Å². The number of nitrogens with two attached hydrogens (primary N) is 1. The van der Waals surface area contributed by atoms with Gasteiger partial charge < -0.3 is 11.1 Å². The molecule has 0 saturated carbocycles. The molecular weight excluding hydrogens is 190 g/mol. The van der Waals surface area contributed by atoms with Crippen LogP contribution in [0.1, 0.15) is 26.7 Å². The largest absolute Gasteiger partial charge is 0.359 e. The van der Waals surface area contributed by atoms with E-state index in [0.717, 1.165) is 25.9 Å². The summed E-state index contributed by atoms with van der Waals surface area (Å²) < 4.78 is 0. The molecule has 1 fully saturated rings. The predicted octanol–water partition coefficient (Wildman–Crippen LogP) is 0.180. The molecule has 1 aliphatic rings. The van der Waals surface area contributed by atoms with E-state index < -0.39 is 0 Å². The molecule has 88 valence electrons. The van der Waals surface area contributed by atoms with Gasteiger partial charge in [0.05, 0.1) is 5.92 Å². The lowest BCUT2D eigenvalue weighted by Crippen LogP contribution is -2.54. The molecule has 0 aliphatic carbocycles. The third-order valence-corrected chi connectivity index (χ3v) is 3.50. The van der Waals surface area contributed by atoms with Gasteiger partial charge in [-0.2, -0.15) is 0 Å². The molecule has 1 saturated heterocycles. The first-order valence-corrected chi connectivity index (χ1v) is 5.81. The van der Waals surface area contributed by atoms with Gasteiger partial charge in [-0.05, 0) is 26.3 Å². The lowest BCUT2D eigenvalue weighted by molar-refractivity contribution is -0.127. The van der Waals surface area contributed by atoms with Crippen LogP contribution in [0.5, 0.6) is 0 Å². The van der Waals surface area contributed by atoms with Crippen LogP contribution in [-0.2, 0) is 4.79 Å². The van der Waals surface area contributed by atoms with Gasteiger partial charge in [0.2, 0.25) is 5.91 Å². The molecule has 3 atom stereocenters. The van der Waals surface area contributed by atoms with E-state index in [1.54, 1.807) is 7.05 Å². The number of nitrogens with one attached hydrogen (secondary N) is 1. The van der Waals surface area contributed by atoms with Crippen molar-refractivity contribution >= 4 is 5.91 Å². The van der Waals surface area contributed by atoms with Gasteiger partial charge >= 0.3 is 0 Å². The third kappa shape index (κ3) is 2.92. The zero-order valence-electron chi connectivity index (χ0n) is 9.99. The summed E-state index contributed by atoms with van der Waals surface area (Å²) in [6.45, 7) is 6.20. The Morgan fingerprint density at radius 3 is 2.87 bits per heavy atom. The highest BCUT2D eigenvalue weighted by molar-refractivity contribution is 5.79. The van der Waals surface area contributed by atoms with Crippen LogP contribution in [0.3, 0.4) is 0 Å². The fourth-order valence-electron chi connectivity index (χ4n) is 2.12. The summed E-state index contributed by atoms with van der Waals surface area (Å²) in [5.74, 6) is 0.0354. The van der Waals surface area contributed by atoms with E-state index in [1.165, 1.54) is 0 Å². The zero-order valence-corrected chi connectivity index (χ0v) is 9.99. The lowest BCUT2D eigenvalue weighted by atomic mass is 9.91. The Kier molecular flexibility index (Phi) is 4.54. The Balaban J connectivity index is 2.59. The zero-order chi connectivity index (χ0) is 11.4. The number of carbonyl (C=O) groups is 1. The highest BCUT2D eigenvalue weighted by Crippen LogP contribution is 2.18. The number of rotatable bonds is 3. The minimum atomic E-state index is -0.0438. The molecule has 4 nitrogen and oxygen atoms in total. The van der Waals surface area contributed by atoms with E-state index in [2.05, 4.69) is 24.1 Å². The number of nitrogens with zero attached hydrogens (tertiary/aromatic N) is 1. The maximum Gasteiger partial charge on any atom is 0.225 e. The van der Waals surface area contributed by atoms with E-state index in [0.29, 0.717) is 6.04 Å². The molecule has 0 aromatic rings. The molecule has 1 amide bonds. The van der Waals surface area contributed by atoms with Crippen LogP contribution >= 0.6 is 0 Å². The summed E-state index contributed by atoms with van der Waals surface area (Å²) in [7, 11) is 1.68. The average Bonchev–Trinajstić information content (AvgIpc) is 2.27. The van der Waals surface area contributed by atoms with Gasteiger partial charge in [0, 0.05) is 25.7 Å². The maximum atomic E-state index is 11.6. The number of amides is 1. The molecule has 0 spiro atoms. The molecule has 1 heterocycles. The second-order valence-corrected chi connectivity index (χ2v) is 4.43. The van der Waals surface area contributed by atoms with Gasteiger partial charge in [-0.25, -0.2) is 0 Å². The molecule has 1 unspecified atom stereocenters. The first-order chi connectivity index (χ1) is 7.10. The van der Waals surface area contributed by atoms with Gasteiger partial charge in [-0.1, -0.05) is 6.92 Å². The van der Waals surface area contributed by atoms with Crippen molar-refractivity contribution in [3.05, 3.63) is 0 Å². The Hall–Kier alpha value is -0.610. The van der Waals surface area contributed by atoms with E-state index in [-0.39, 0.29) is 17.9 Å². The monoisotopic (exact) mass is 213 g/mol. The van der Waals surface area contributed by atoms with Crippen molar-refractivity contribution in [2.75, 3.05) is 20.1 Å². The molecule has 1 aliphatic heterocycles. The molecule has 15 heavy (non-hydrogen) atoms. The Labute approximate surface area is 92.2 Å². The molecule has 0 aromatic carbocycles. The van der Waals surface area contributed by atoms with Crippen molar-refractivity contribution in [2.24, 2.45) is 11.7 Å². The topological polar surface area (TPSA) is 58.4 Å². The lowest BCUT2D eigenvalue weighted by Gasteiger charge is -2.38. The molecule has 4 heteroatoms. The van der Waals surface area contributed by atoms with Gasteiger partial charge in [-0.15, -0.1) is 0 Å². The van der Waals surface area contributed by atoms with Crippen LogP contribution in [0, 0.1) is 5.92 Å². The minimum absolute atomic E-state index is 0.0188. The Bertz CT molecular complexity index is 220. The van der Waals surface area contributed by atoms with Crippen LogP contribution < -0.4 is 11.1 Å². The standard InChI is InChI=1S/C11H23N3O/c1-4-8(2)14-6-5-10(12)9(7-14)11(15)13-3/h8-10H,4-7,12H2,1-3H3,(H,13,15)/t8?,9-,10-/m1/s1. The fraction of sp³-hybridized carbons (Fsp3) is 0.909. The predicted molar refractivity (Wildman–Crippen MR) is 61.5 cm³/mol. The second-order valence-electron chi connectivity index (χ2n) is 4.43. The van der Waals surface area contributed by atoms with Crippen LogP contribution in [0.15, 0.2) is 0 Å². The smallest absolute Gasteiger partial charge is 0.225 e. The molecular formula is C11H23N3O. The summed E-state index contributed by atoms with van der Waals surface area (Å²) >= 11 is 0. The SMILES string of the molecule is CCC(C)N1CC[C@@H](N)[C@H](C(=O)NC)C1. The normalized spacial score (nSPS) is 29.9. The van der Waals surface area contributed by atoms with Crippen LogP contribution in [-0.4, -0.2) is 43.0 Å².